The summed E-state index contributed by atoms with van der Waals surface area (Å²) in [4.78, 5) is 11.0. The Hall–Kier alpha value is 0.110. The topological polar surface area (TPSA) is 49.8 Å². The van der Waals surface area contributed by atoms with Crippen LogP contribution in [-0.2, 0) is 9.09 Å². The second kappa shape index (κ2) is 6.64. The van der Waals surface area contributed by atoms with Crippen LogP contribution in [-0.4, -0.2) is 35.5 Å². The van der Waals surface area contributed by atoms with Crippen molar-refractivity contribution in [3.05, 3.63) is 0 Å². The lowest BCUT2D eigenvalue weighted by atomic mass is 9.94. The van der Waals surface area contributed by atoms with Gasteiger partial charge in [-0.05, 0) is 45.6 Å². The minimum atomic E-state index is -2.73. The van der Waals surface area contributed by atoms with Crippen LogP contribution in [0.25, 0.3) is 0 Å². The fourth-order valence-electron chi connectivity index (χ4n) is 2.11. The summed E-state index contributed by atoms with van der Waals surface area (Å²) in [5.41, 5.74) is 0. The van der Waals surface area contributed by atoms with Gasteiger partial charge in [0.15, 0.2) is 0 Å². The molecule has 0 aromatic heterocycles. The van der Waals surface area contributed by atoms with Crippen molar-refractivity contribution in [2.24, 2.45) is 5.92 Å². The number of likely N-dealkylation sites (tertiary alicyclic amines) is 1. The average Bonchev–Trinajstić information content (AvgIpc) is 2.17. The summed E-state index contributed by atoms with van der Waals surface area (Å²) in [7, 11) is -2.73. The summed E-state index contributed by atoms with van der Waals surface area (Å²) in [5.74, 6) is 0.627. The molecule has 0 aromatic rings. The summed E-state index contributed by atoms with van der Waals surface area (Å²) < 4.78 is 15.1. The van der Waals surface area contributed by atoms with E-state index in [0.29, 0.717) is 18.6 Å². The molecule has 1 rings (SSSR count). The maximum absolute atomic E-state index is 10.4. The maximum atomic E-state index is 10.4. The van der Waals surface area contributed by atoms with Gasteiger partial charge in [0.2, 0.25) is 0 Å². The number of piperidine rings is 1. The molecule has 1 N–H and O–H groups in total. The van der Waals surface area contributed by atoms with Crippen molar-refractivity contribution in [3.8, 4) is 0 Å². The van der Waals surface area contributed by atoms with Crippen LogP contribution in [0.1, 0.15) is 33.1 Å². The summed E-state index contributed by atoms with van der Waals surface area (Å²) in [5, 5.41) is 0. The van der Waals surface area contributed by atoms with Gasteiger partial charge in [-0.15, -0.1) is 0 Å². The van der Waals surface area contributed by atoms with Gasteiger partial charge in [0.25, 0.3) is 0 Å². The van der Waals surface area contributed by atoms with Crippen molar-refractivity contribution in [2.45, 2.75) is 39.2 Å². The molecule has 5 heteroatoms. The highest BCUT2D eigenvalue weighted by Gasteiger charge is 2.21. The maximum Gasteiger partial charge on any atom is 0.316 e. The molecule has 1 aliphatic heterocycles. The molecule has 1 saturated heterocycles. The Labute approximate surface area is 92.6 Å². The summed E-state index contributed by atoms with van der Waals surface area (Å²) in [6.07, 6.45) is 3.36. The molecule has 0 bridgehead atoms. The zero-order valence-electron chi connectivity index (χ0n) is 9.61. The molecule has 0 amide bonds. The molecule has 0 aliphatic carbocycles. The second-order valence-corrected chi connectivity index (χ2v) is 5.32. The second-order valence-electron chi connectivity index (χ2n) is 4.50. The summed E-state index contributed by atoms with van der Waals surface area (Å²) in [6.45, 7) is 7.14. The smallest absolute Gasteiger partial charge is 0.316 e. The Morgan fingerprint density at radius 2 is 2.33 bits per heavy atom. The third-order valence-electron chi connectivity index (χ3n) is 3.03. The fourth-order valence-corrected chi connectivity index (χ4v) is 2.41. The van der Waals surface area contributed by atoms with Gasteiger partial charge >= 0.3 is 8.25 Å². The third kappa shape index (κ3) is 5.12. The van der Waals surface area contributed by atoms with E-state index in [1.165, 1.54) is 19.4 Å². The molecule has 15 heavy (non-hydrogen) atoms. The van der Waals surface area contributed by atoms with Crippen LogP contribution in [0.4, 0.5) is 0 Å². The molecule has 2 atom stereocenters. The van der Waals surface area contributed by atoms with Crippen LogP contribution in [0, 0.1) is 5.92 Å². The first-order valence-electron chi connectivity index (χ1n) is 5.69. The summed E-state index contributed by atoms with van der Waals surface area (Å²) in [6, 6.07) is 0.602. The molecule has 4 nitrogen and oxygen atoms in total. The van der Waals surface area contributed by atoms with E-state index in [1.54, 1.807) is 0 Å². The molecule has 1 heterocycles. The Morgan fingerprint density at radius 1 is 1.60 bits per heavy atom. The molecule has 1 aliphatic rings. The van der Waals surface area contributed by atoms with Crippen molar-refractivity contribution in [2.75, 3.05) is 19.7 Å². The molecule has 1 fully saturated rings. The van der Waals surface area contributed by atoms with E-state index in [2.05, 4.69) is 18.7 Å². The minimum Gasteiger partial charge on any atom is -0.326 e. The quantitative estimate of drug-likeness (QED) is 0.739. The van der Waals surface area contributed by atoms with Crippen molar-refractivity contribution >= 4 is 8.25 Å². The van der Waals surface area contributed by atoms with Crippen LogP contribution in [0.15, 0.2) is 0 Å². The first-order valence-corrected chi connectivity index (χ1v) is 6.95. The van der Waals surface area contributed by atoms with Crippen LogP contribution < -0.4 is 0 Å². The SMILES string of the molecule is CC(C)N1CCCC(CCO[PH](=O)O)C1. The van der Waals surface area contributed by atoms with E-state index < -0.39 is 8.25 Å². The highest BCUT2D eigenvalue weighted by molar-refractivity contribution is 7.32. The van der Waals surface area contributed by atoms with Crippen LogP contribution >= 0.6 is 8.25 Å². The van der Waals surface area contributed by atoms with Gasteiger partial charge in [-0.3, -0.25) is 4.57 Å². The van der Waals surface area contributed by atoms with Crippen molar-refractivity contribution in [1.82, 2.24) is 4.90 Å². The van der Waals surface area contributed by atoms with E-state index in [9.17, 15) is 4.57 Å². The van der Waals surface area contributed by atoms with E-state index in [1.807, 2.05) is 0 Å². The lowest BCUT2D eigenvalue weighted by Gasteiger charge is -2.35. The fraction of sp³-hybridized carbons (Fsp3) is 1.00. The Bertz CT molecular complexity index is 211. The van der Waals surface area contributed by atoms with Crippen LogP contribution in [0.2, 0.25) is 0 Å². The zero-order valence-corrected chi connectivity index (χ0v) is 10.6. The van der Waals surface area contributed by atoms with Crippen LogP contribution in [0.5, 0.6) is 0 Å². The first-order chi connectivity index (χ1) is 7.09. The molecule has 90 valence electrons. The average molecular weight is 235 g/mol. The lowest BCUT2D eigenvalue weighted by molar-refractivity contribution is 0.124. The van der Waals surface area contributed by atoms with E-state index in [0.717, 1.165) is 13.0 Å². The Balaban J connectivity index is 2.21. The molecular weight excluding hydrogens is 213 g/mol. The monoisotopic (exact) mass is 235 g/mol. The van der Waals surface area contributed by atoms with Gasteiger partial charge in [0.05, 0.1) is 6.61 Å². The largest absolute Gasteiger partial charge is 0.326 e. The van der Waals surface area contributed by atoms with E-state index in [-0.39, 0.29) is 0 Å². The van der Waals surface area contributed by atoms with Crippen LogP contribution in [0.3, 0.4) is 0 Å². The van der Waals surface area contributed by atoms with Gasteiger partial charge in [-0.25, -0.2) is 0 Å². The van der Waals surface area contributed by atoms with Gasteiger partial charge in [-0.1, -0.05) is 0 Å². The standard InChI is InChI=1S/C10H22NO3P/c1-9(2)11-6-3-4-10(8-11)5-7-14-15(12)13/h9-10,15H,3-8H2,1-2H3,(H,12,13). The van der Waals surface area contributed by atoms with Gasteiger partial charge < -0.3 is 14.3 Å². The van der Waals surface area contributed by atoms with E-state index >= 15 is 0 Å². The molecular formula is C10H22NO3P. The Kier molecular flexibility index (Phi) is 5.83. The predicted molar refractivity (Wildman–Crippen MR) is 61.2 cm³/mol. The third-order valence-corrected chi connectivity index (χ3v) is 3.48. The Morgan fingerprint density at radius 3 is 2.93 bits per heavy atom. The number of hydrogen-bond acceptors (Lipinski definition) is 3. The normalized spacial score (nSPS) is 25.7. The lowest BCUT2D eigenvalue weighted by Crippen LogP contribution is -2.40. The predicted octanol–water partition coefficient (Wildman–Crippen LogP) is 1.90. The van der Waals surface area contributed by atoms with Crippen molar-refractivity contribution < 1.29 is 14.0 Å². The highest BCUT2D eigenvalue weighted by Crippen LogP contribution is 2.23. The number of hydrogen-bond donors (Lipinski definition) is 1. The summed E-state index contributed by atoms with van der Waals surface area (Å²) >= 11 is 0. The molecule has 0 radical (unpaired) electrons. The van der Waals surface area contributed by atoms with Gasteiger partial charge in [0.1, 0.15) is 0 Å². The molecule has 0 aromatic carbocycles. The van der Waals surface area contributed by atoms with Gasteiger partial charge in [-0.2, -0.15) is 0 Å². The van der Waals surface area contributed by atoms with Crippen molar-refractivity contribution in [1.29, 1.82) is 0 Å². The minimum absolute atomic E-state index is 0.422. The van der Waals surface area contributed by atoms with Gasteiger partial charge in [0, 0.05) is 12.6 Å². The number of rotatable bonds is 5. The molecule has 0 spiro atoms. The molecule has 0 saturated carbocycles. The first kappa shape index (κ1) is 13.2. The van der Waals surface area contributed by atoms with Crippen molar-refractivity contribution in [3.63, 3.8) is 0 Å². The molecule has 2 unspecified atom stereocenters. The highest BCUT2D eigenvalue weighted by atomic mass is 31.1. The zero-order chi connectivity index (χ0) is 11.3. The van der Waals surface area contributed by atoms with E-state index in [4.69, 9.17) is 9.42 Å². The number of nitrogens with zero attached hydrogens (tertiary/aromatic N) is 1.